The first-order valence-corrected chi connectivity index (χ1v) is 9.36. The molecule has 1 heterocycles. The van der Waals surface area contributed by atoms with Gasteiger partial charge in [0.05, 0.1) is 17.4 Å². The Morgan fingerprint density at radius 2 is 1.67 bits per heavy atom. The van der Waals surface area contributed by atoms with Crippen LogP contribution in [0.4, 0.5) is 0 Å². The largest absolute Gasteiger partial charge is 0.345 e. The van der Waals surface area contributed by atoms with Gasteiger partial charge in [-0.05, 0) is 42.0 Å². The van der Waals surface area contributed by atoms with E-state index in [0.717, 1.165) is 23.9 Å². The van der Waals surface area contributed by atoms with E-state index in [1.165, 1.54) is 55.2 Å². The van der Waals surface area contributed by atoms with Crippen molar-refractivity contribution in [2.75, 3.05) is 0 Å². The molecule has 0 aliphatic rings. The second-order valence-electron chi connectivity index (χ2n) is 6.68. The van der Waals surface area contributed by atoms with Crippen LogP contribution < -0.4 is 0 Å². The summed E-state index contributed by atoms with van der Waals surface area (Å²) in [5.41, 5.74) is 6.51. The minimum Gasteiger partial charge on any atom is -0.345 e. The zero-order valence-corrected chi connectivity index (χ0v) is 14.7. The number of rotatable bonds is 9. The number of nitrogens with zero attached hydrogens (tertiary/aromatic N) is 1. The molecular weight excluding hydrogens is 292 g/mol. The molecule has 0 aliphatic heterocycles. The van der Waals surface area contributed by atoms with Crippen LogP contribution in [0.5, 0.6) is 0 Å². The van der Waals surface area contributed by atoms with Crippen molar-refractivity contribution in [2.45, 2.75) is 58.3 Å². The number of nitrogens with one attached hydrogen (secondary N) is 1. The molecule has 1 aromatic heterocycles. The molecule has 0 atom stereocenters. The summed E-state index contributed by atoms with van der Waals surface area (Å²) in [6.07, 6.45) is 12.0. The van der Waals surface area contributed by atoms with Crippen LogP contribution in [0.15, 0.2) is 48.8 Å². The molecule has 0 saturated heterocycles. The van der Waals surface area contributed by atoms with Crippen molar-refractivity contribution in [1.29, 1.82) is 0 Å². The minimum atomic E-state index is 0.966. The monoisotopic (exact) mass is 320 g/mol. The van der Waals surface area contributed by atoms with Crippen molar-refractivity contribution in [3.63, 3.8) is 0 Å². The summed E-state index contributed by atoms with van der Waals surface area (Å²) in [7, 11) is 0. The third kappa shape index (κ3) is 4.25. The van der Waals surface area contributed by atoms with Crippen molar-refractivity contribution in [2.24, 2.45) is 0 Å². The van der Waals surface area contributed by atoms with Crippen molar-refractivity contribution < 1.29 is 0 Å². The number of fused-ring (bicyclic) bond motifs is 1. The molecule has 0 fully saturated rings. The quantitative estimate of drug-likeness (QED) is 0.477. The van der Waals surface area contributed by atoms with Crippen LogP contribution in [0.25, 0.3) is 11.0 Å². The minimum absolute atomic E-state index is 0.966. The molecule has 2 aromatic carbocycles. The Morgan fingerprint density at radius 1 is 0.875 bits per heavy atom. The molecule has 0 spiro atoms. The standard InChI is InChI=1S/C22H28N2/c1-2-3-4-5-6-10-13-19-14-15-21-22(24-17-23-21)20(19)16-18-11-8-7-9-12-18/h7-9,11-12,14-15,17H,2-6,10,13,16H2,1H3,(H,23,24). The lowest BCUT2D eigenvalue weighted by Gasteiger charge is -2.11. The summed E-state index contributed by atoms with van der Waals surface area (Å²) in [4.78, 5) is 7.84. The van der Waals surface area contributed by atoms with E-state index in [1.807, 2.05) is 6.33 Å². The van der Waals surface area contributed by atoms with Gasteiger partial charge in [-0.1, -0.05) is 75.4 Å². The van der Waals surface area contributed by atoms with E-state index in [1.54, 1.807) is 0 Å². The molecule has 1 N–H and O–H groups in total. The highest BCUT2D eigenvalue weighted by atomic mass is 14.9. The fraction of sp³-hybridized carbons (Fsp3) is 0.409. The Balaban J connectivity index is 1.73. The number of hydrogen-bond acceptors (Lipinski definition) is 1. The zero-order chi connectivity index (χ0) is 16.6. The maximum Gasteiger partial charge on any atom is 0.0931 e. The molecule has 126 valence electrons. The third-order valence-corrected chi connectivity index (χ3v) is 4.82. The van der Waals surface area contributed by atoms with Gasteiger partial charge < -0.3 is 4.98 Å². The summed E-state index contributed by atoms with van der Waals surface area (Å²) in [6.45, 7) is 2.27. The Morgan fingerprint density at radius 3 is 2.50 bits per heavy atom. The normalized spacial score (nSPS) is 11.2. The Kier molecular flexibility index (Phi) is 6.06. The van der Waals surface area contributed by atoms with Crippen LogP contribution in [0.3, 0.4) is 0 Å². The van der Waals surface area contributed by atoms with Crippen LogP contribution in [0, 0.1) is 0 Å². The number of aromatic amines is 1. The number of hydrogen-bond donors (Lipinski definition) is 1. The lowest BCUT2D eigenvalue weighted by atomic mass is 9.94. The van der Waals surface area contributed by atoms with Gasteiger partial charge in [0.2, 0.25) is 0 Å². The average molecular weight is 320 g/mol. The first-order chi connectivity index (χ1) is 11.9. The molecule has 3 aromatic rings. The Bertz CT molecular complexity index is 743. The number of aryl methyl sites for hydroxylation is 1. The number of H-pyrrole nitrogens is 1. The second kappa shape index (κ2) is 8.68. The molecule has 0 aliphatic carbocycles. The van der Waals surface area contributed by atoms with E-state index in [0.29, 0.717) is 0 Å². The number of aromatic nitrogens is 2. The van der Waals surface area contributed by atoms with Crippen LogP contribution in [-0.2, 0) is 12.8 Å². The zero-order valence-electron chi connectivity index (χ0n) is 14.7. The van der Waals surface area contributed by atoms with Crippen LogP contribution in [0.2, 0.25) is 0 Å². The lowest BCUT2D eigenvalue weighted by molar-refractivity contribution is 0.607. The predicted molar refractivity (Wildman–Crippen MR) is 102 cm³/mol. The van der Waals surface area contributed by atoms with E-state index >= 15 is 0 Å². The molecule has 2 nitrogen and oxygen atoms in total. The maximum atomic E-state index is 4.59. The van der Waals surface area contributed by atoms with Gasteiger partial charge in [0.15, 0.2) is 0 Å². The summed E-state index contributed by atoms with van der Waals surface area (Å²) >= 11 is 0. The Labute approximate surface area is 145 Å². The van der Waals surface area contributed by atoms with Gasteiger partial charge in [-0.2, -0.15) is 0 Å². The van der Waals surface area contributed by atoms with E-state index < -0.39 is 0 Å². The van der Waals surface area contributed by atoms with Gasteiger partial charge in [0, 0.05) is 0 Å². The van der Waals surface area contributed by atoms with E-state index in [2.05, 4.69) is 59.4 Å². The second-order valence-corrected chi connectivity index (χ2v) is 6.68. The molecule has 2 heteroatoms. The van der Waals surface area contributed by atoms with Gasteiger partial charge in [-0.3, -0.25) is 0 Å². The Hall–Kier alpha value is -2.09. The third-order valence-electron chi connectivity index (χ3n) is 4.82. The van der Waals surface area contributed by atoms with Gasteiger partial charge >= 0.3 is 0 Å². The molecule has 24 heavy (non-hydrogen) atoms. The molecule has 0 saturated carbocycles. The van der Waals surface area contributed by atoms with Crippen molar-refractivity contribution in [1.82, 2.24) is 9.97 Å². The highest BCUT2D eigenvalue weighted by molar-refractivity contribution is 5.80. The number of imidazole rings is 1. The van der Waals surface area contributed by atoms with Crippen LogP contribution in [-0.4, -0.2) is 9.97 Å². The number of benzene rings is 2. The molecular formula is C22H28N2. The predicted octanol–water partition coefficient (Wildman–Crippen LogP) is 6.06. The molecule has 0 radical (unpaired) electrons. The van der Waals surface area contributed by atoms with Crippen LogP contribution >= 0.6 is 0 Å². The van der Waals surface area contributed by atoms with Crippen LogP contribution in [0.1, 0.15) is 62.1 Å². The lowest BCUT2D eigenvalue weighted by Crippen LogP contribution is -1.98. The number of unbranched alkanes of at least 4 members (excludes halogenated alkanes) is 5. The van der Waals surface area contributed by atoms with Gasteiger partial charge in [-0.15, -0.1) is 0 Å². The van der Waals surface area contributed by atoms with Gasteiger partial charge in [-0.25, -0.2) is 4.98 Å². The van der Waals surface area contributed by atoms with E-state index in [-0.39, 0.29) is 0 Å². The SMILES string of the molecule is CCCCCCCCc1ccc2[nH]cnc2c1Cc1ccccc1. The van der Waals surface area contributed by atoms with Crippen molar-refractivity contribution in [3.05, 3.63) is 65.5 Å². The average Bonchev–Trinajstić information content (AvgIpc) is 3.09. The summed E-state index contributed by atoms with van der Waals surface area (Å²) in [5.74, 6) is 0. The molecule has 0 bridgehead atoms. The smallest absolute Gasteiger partial charge is 0.0931 e. The first-order valence-electron chi connectivity index (χ1n) is 9.36. The van der Waals surface area contributed by atoms with Gasteiger partial charge in [0.25, 0.3) is 0 Å². The summed E-state index contributed by atoms with van der Waals surface area (Å²) < 4.78 is 0. The maximum absolute atomic E-state index is 4.59. The van der Waals surface area contributed by atoms with Crippen molar-refractivity contribution in [3.8, 4) is 0 Å². The van der Waals surface area contributed by atoms with E-state index in [4.69, 9.17) is 0 Å². The van der Waals surface area contributed by atoms with E-state index in [9.17, 15) is 0 Å². The van der Waals surface area contributed by atoms with Gasteiger partial charge in [0.1, 0.15) is 0 Å². The highest BCUT2D eigenvalue weighted by Gasteiger charge is 2.10. The summed E-state index contributed by atoms with van der Waals surface area (Å²) in [5, 5.41) is 0. The van der Waals surface area contributed by atoms with Crippen molar-refractivity contribution >= 4 is 11.0 Å². The molecule has 0 amide bonds. The molecule has 0 unspecified atom stereocenters. The topological polar surface area (TPSA) is 28.7 Å². The molecule has 3 rings (SSSR count). The fourth-order valence-corrected chi connectivity index (χ4v) is 3.44. The first kappa shape index (κ1) is 16.8. The summed E-state index contributed by atoms with van der Waals surface area (Å²) in [6, 6.07) is 15.2. The highest BCUT2D eigenvalue weighted by Crippen LogP contribution is 2.24. The fourth-order valence-electron chi connectivity index (χ4n) is 3.44.